The van der Waals surface area contributed by atoms with Crippen LogP contribution in [0.4, 0.5) is 5.69 Å². The monoisotopic (exact) mass is 409 g/mol. The molecule has 0 aliphatic rings. The highest BCUT2D eigenvalue weighted by molar-refractivity contribution is 7.99. The highest BCUT2D eigenvalue weighted by Gasteiger charge is 2.18. The maximum Gasteiger partial charge on any atom is 0.233 e. The first kappa shape index (κ1) is 20.6. The number of benzene rings is 2. The number of hydrogen-bond donors (Lipinski definition) is 1. The van der Waals surface area contributed by atoms with Crippen LogP contribution < -0.4 is 5.32 Å². The number of nitrogens with one attached hydrogen (secondary N) is 1. The Morgan fingerprint density at radius 3 is 2.66 bits per heavy atom. The molecule has 0 fully saturated rings. The van der Waals surface area contributed by atoms with E-state index >= 15 is 0 Å². The Morgan fingerprint density at radius 1 is 1.17 bits per heavy atom. The molecular formula is C21H23N5O2S. The average Bonchev–Trinajstić information content (AvgIpc) is 3.20. The van der Waals surface area contributed by atoms with Crippen molar-refractivity contribution >= 4 is 29.3 Å². The highest BCUT2D eigenvalue weighted by atomic mass is 32.2. The van der Waals surface area contributed by atoms with Gasteiger partial charge in [0.15, 0.2) is 5.16 Å². The lowest BCUT2D eigenvalue weighted by molar-refractivity contribution is -0.129. The molecule has 150 valence electrons. The summed E-state index contributed by atoms with van der Waals surface area (Å²) in [6, 6.07) is 17.3. The molecule has 0 radical (unpaired) electrons. The number of rotatable bonds is 7. The van der Waals surface area contributed by atoms with Crippen LogP contribution in [0.1, 0.15) is 25.5 Å². The molecule has 0 spiro atoms. The van der Waals surface area contributed by atoms with Crippen LogP contribution in [-0.2, 0) is 9.59 Å². The Bertz CT molecular complexity index is 990. The zero-order chi connectivity index (χ0) is 20.8. The molecule has 1 N–H and O–H groups in total. The highest BCUT2D eigenvalue weighted by Crippen LogP contribution is 2.24. The van der Waals surface area contributed by atoms with E-state index in [4.69, 9.17) is 0 Å². The van der Waals surface area contributed by atoms with Gasteiger partial charge in [0.25, 0.3) is 0 Å². The van der Waals surface area contributed by atoms with Gasteiger partial charge in [-0.2, -0.15) is 0 Å². The largest absolute Gasteiger partial charge is 0.338 e. The van der Waals surface area contributed by atoms with Gasteiger partial charge >= 0.3 is 0 Å². The summed E-state index contributed by atoms with van der Waals surface area (Å²) < 4.78 is 1.80. The first-order valence-electron chi connectivity index (χ1n) is 9.17. The minimum Gasteiger partial charge on any atom is -0.338 e. The standard InChI is InChI=1S/C21H23N5O2S/c1-15(17-8-5-4-6-9-17)25(3)20(28)13-29-21-24-22-14-26(21)19-11-7-10-18(12-19)23-16(2)27/h4-12,14-15H,13H2,1-3H3,(H,23,27). The van der Waals surface area contributed by atoms with Crippen LogP contribution in [0.25, 0.3) is 5.69 Å². The number of hydrogen-bond acceptors (Lipinski definition) is 5. The van der Waals surface area contributed by atoms with E-state index in [1.165, 1.54) is 18.7 Å². The van der Waals surface area contributed by atoms with Crippen LogP contribution in [0.2, 0.25) is 0 Å². The van der Waals surface area contributed by atoms with Crippen LogP contribution in [0.3, 0.4) is 0 Å². The quantitative estimate of drug-likeness (QED) is 0.604. The van der Waals surface area contributed by atoms with Gasteiger partial charge in [-0.05, 0) is 30.7 Å². The molecule has 2 amide bonds. The minimum absolute atomic E-state index is 0.00731. The Morgan fingerprint density at radius 2 is 1.93 bits per heavy atom. The molecule has 1 atom stereocenters. The van der Waals surface area contributed by atoms with E-state index in [-0.39, 0.29) is 23.6 Å². The van der Waals surface area contributed by atoms with Crippen molar-refractivity contribution in [3.05, 3.63) is 66.5 Å². The van der Waals surface area contributed by atoms with Crippen molar-refractivity contribution in [2.24, 2.45) is 0 Å². The molecule has 7 nitrogen and oxygen atoms in total. The number of carbonyl (C=O) groups is 2. The third kappa shape index (κ3) is 5.23. The second kappa shape index (κ2) is 9.38. The van der Waals surface area contributed by atoms with E-state index in [2.05, 4.69) is 15.5 Å². The van der Waals surface area contributed by atoms with Crippen molar-refractivity contribution < 1.29 is 9.59 Å². The molecule has 0 aliphatic heterocycles. The molecule has 3 aromatic rings. The van der Waals surface area contributed by atoms with Crippen molar-refractivity contribution in [1.29, 1.82) is 0 Å². The number of thioether (sulfide) groups is 1. The normalized spacial score (nSPS) is 11.7. The van der Waals surface area contributed by atoms with Gasteiger partial charge in [-0.15, -0.1) is 10.2 Å². The van der Waals surface area contributed by atoms with E-state index in [1.807, 2.05) is 68.6 Å². The van der Waals surface area contributed by atoms with E-state index in [9.17, 15) is 9.59 Å². The molecule has 3 rings (SSSR count). The van der Waals surface area contributed by atoms with Crippen molar-refractivity contribution in [3.63, 3.8) is 0 Å². The number of anilines is 1. The fraction of sp³-hybridized carbons (Fsp3) is 0.238. The summed E-state index contributed by atoms with van der Waals surface area (Å²) in [6.07, 6.45) is 1.59. The second-order valence-electron chi connectivity index (χ2n) is 6.60. The van der Waals surface area contributed by atoms with Crippen LogP contribution in [0.5, 0.6) is 0 Å². The minimum atomic E-state index is -0.137. The molecule has 29 heavy (non-hydrogen) atoms. The molecule has 0 saturated heterocycles. The van der Waals surface area contributed by atoms with Gasteiger partial charge < -0.3 is 10.2 Å². The second-order valence-corrected chi connectivity index (χ2v) is 7.54. The lowest BCUT2D eigenvalue weighted by Gasteiger charge is -2.25. The van der Waals surface area contributed by atoms with Crippen LogP contribution in [-0.4, -0.2) is 44.3 Å². The Hall–Kier alpha value is -3.13. The van der Waals surface area contributed by atoms with Gasteiger partial charge in [-0.1, -0.05) is 48.2 Å². The average molecular weight is 410 g/mol. The lowest BCUT2D eigenvalue weighted by Crippen LogP contribution is -2.31. The Balaban J connectivity index is 1.67. The van der Waals surface area contributed by atoms with Crippen molar-refractivity contribution in [2.75, 3.05) is 18.1 Å². The Labute approximate surface area is 174 Å². The predicted octanol–water partition coefficient (Wildman–Crippen LogP) is 3.54. The fourth-order valence-corrected chi connectivity index (χ4v) is 3.69. The smallest absolute Gasteiger partial charge is 0.233 e. The first-order chi connectivity index (χ1) is 14.0. The van der Waals surface area contributed by atoms with Gasteiger partial charge in [0, 0.05) is 19.7 Å². The van der Waals surface area contributed by atoms with Crippen LogP contribution in [0.15, 0.2) is 66.1 Å². The number of aromatic nitrogens is 3. The van der Waals surface area contributed by atoms with Gasteiger partial charge in [0.05, 0.1) is 17.5 Å². The number of nitrogens with zero attached hydrogens (tertiary/aromatic N) is 4. The lowest BCUT2D eigenvalue weighted by atomic mass is 10.1. The van der Waals surface area contributed by atoms with Crippen molar-refractivity contribution in [3.8, 4) is 5.69 Å². The van der Waals surface area contributed by atoms with Gasteiger partial charge in [0.1, 0.15) is 6.33 Å². The maximum absolute atomic E-state index is 12.7. The molecular weight excluding hydrogens is 386 g/mol. The zero-order valence-electron chi connectivity index (χ0n) is 16.6. The van der Waals surface area contributed by atoms with Crippen LogP contribution in [0, 0.1) is 0 Å². The summed E-state index contributed by atoms with van der Waals surface area (Å²) in [5, 5.41) is 11.5. The molecule has 0 aliphatic carbocycles. The van der Waals surface area contributed by atoms with E-state index in [1.54, 1.807) is 15.8 Å². The molecule has 2 aromatic carbocycles. The molecule has 1 heterocycles. The van der Waals surface area contributed by atoms with E-state index < -0.39 is 0 Å². The maximum atomic E-state index is 12.7. The van der Waals surface area contributed by atoms with Crippen LogP contribution >= 0.6 is 11.8 Å². The van der Waals surface area contributed by atoms with Crippen molar-refractivity contribution in [2.45, 2.75) is 25.0 Å². The summed E-state index contributed by atoms with van der Waals surface area (Å²) in [7, 11) is 1.81. The summed E-state index contributed by atoms with van der Waals surface area (Å²) in [5.74, 6) is 0.118. The van der Waals surface area contributed by atoms with Gasteiger partial charge in [0.2, 0.25) is 11.8 Å². The summed E-state index contributed by atoms with van der Waals surface area (Å²) in [4.78, 5) is 25.7. The van der Waals surface area contributed by atoms with Gasteiger partial charge in [-0.25, -0.2) is 0 Å². The first-order valence-corrected chi connectivity index (χ1v) is 10.2. The van der Waals surface area contributed by atoms with Gasteiger partial charge in [-0.3, -0.25) is 14.2 Å². The topological polar surface area (TPSA) is 80.1 Å². The van der Waals surface area contributed by atoms with E-state index in [0.717, 1.165) is 11.3 Å². The summed E-state index contributed by atoms with van der Waals surface area (Å²) in [5.41, 5.74) is 2.58. The summed E-state index contributed by atoms with van der Waals surface area (Å²) >= 11 is 1.33. The summed E-state index contributed by atoms with van der Waals surface area (Å²) in [6.45, 7) is 3.47. The third-order valence-electron chi connectivity index (χ3n) is 4.54. The predicted molar refractivity (Wildman–Crippen MR) is 114 cm³/mol. The molecule has 8 heteroatoms. The van der Waals surface area contributed by atoms with E-state index in [0.29, 0.717) is 10.8 Å². The SMILES string of the molecule is CC(=O)Nc1cccc(-n2cnnc2SCC(=O)N(C)C(C)c2ccccc2)c1. The molecule has 0 bridgehead atoms. The molecule has 0 saturated carbocycles. The molecule has 1 aromatic heterocycles. The zero-order valence-corrected chi connectivity index (χ0v) is 17.4. The number of amides is 2. The number of carbonyl (C=O) groups excluding carboxylic acids is 2. The fourth-order valence-electron chi connectivity index (χ4n) is 2.84. The Kier molecular flexibility index (Phi) is 6.66. The molecule has 1 unspecified atom stereocenters. The van der Waals surface area contributed by atoms with Crippen molar-refractivity contribution in [1.82, 2.24) is 19.7 Å². The third-order valence-corrected chi connectivity index (χ3v) is 5.47.